The Morgan fingerprint density at radius 1 is 1.11 bits per heavy atom. The molecule has 1 heterocycles. The molecule has 0 aromatic carbocycles. The molecule has 1 aliphatic carbocycles. The molecule has 28 heavy (non-hydrogen) atoms. The summed E-state index contributed by atoms with van der Waals surface area (Å²) < 4.78 is 111. The minimum Gasteiger partial charge on any atom is -0.443 e. The van der Waals surface area contributed by atoms with Crippen molar-refractivity contribution in [3.63, 3.8) is 0 Å². The van der Waals surface area contributed by atoms with Crippen molar-refractivity contribution in [3.8, 4) is 0 Å². The van der Waals surface area contributed by atoms with Gasteiger partial charge in [-0.3, -0.25) is 0 Å². The molecule has 4 nitrogen and oxygen atoms in total. The average molecular weight is 422 g/mol. The van der Waals surface area contributed by atoms with Crippen LogP contribution < -0.4 is 0 Å². The maximum absolute atomic E-state index is 15.4. The highest BCUT2D eigenvalue weighted by atomic mass is 19.4. The van der Waals surface area contributed by atoms with Gasteiger partial charge in [0.25, 0.3) is 0 Å². The Kier molecular flexibility index (Phi) is 5.39. The number of esters is 1. The van der Waals surface area contributed by atoms with Gasteiger partial charge in [-0.2, -0.15) is 30.7 Å². The molecule has 1 N–H and O–H groups in total. The first-order chi connectivity index (χ1) is 12.5. The Morgan fingerprint density at radius 3 is 2.04 bits per heavy atom. The highest BCUT2D eigenvalue weighted by Crippen LogP contribution is 2.66. The molecular formula is C17H21F7O4. The van der Waals surface area contributed by atoms with Crippen molar-refractivity contribution in [3.05, 3.63) is 12.7 Å². The molecule has 1 aliphatic heterocycles. The van der Waals surface area contributed by atoms with Gasteiger partial charge in [0.05, 0.1) is 0 Å². The molecule has 0 aromatic rings. The van der Waals surface area contributed by atoms with Crippen LogP contribution in [0.3, 0.4) is 0 Å². The lowest BCUT2D eigenvalue weighted by molar-refractivity contribution is -0.522. The zero-order chi connectivity index (χ0) is 21.8. The van der Waals surface area contributed by atoms with Gasteiger partial charge in [0.2, 0.25) is 17.0 Å². The molecule has 1 saturated carbocycles. The predicted octanol–water partition coefficient (Wildman–Crippen LogP) is 4.37. The van der Waals surface area contributed by atoms with Gasteiger partial charge in [-0.25, -0.2) is 4.79 Å². The van der Waals surface area contributed by atoms with Gasteiger partial charge in [0.1, 0.15) is 0 Å². The lowest BCUT2D eigenvalue weighted by Gasteiger charge is -2.61. The van der Waals surface area contributed by atoms with Gasteiger partial charge in [-0.15, -0.1) is 0 Å². The number of carbonyl (C=O) groups is 1. The monoisotopic (exact) mass is 422 g/mol. The zero-order valence-corrected chi connectivity index (χ0v) is 15.2. The maximum atomic E-state index is 15.4. The summed E-state index contributed by atoms with van der Waals surface area (Å²) in [5, 5.41) is 10.1. The molecule has 162 valence electrons. The molecule has 0 aromatic heterocycles. The number of alkyl halides is 7. The third-order valence-electron chi connectivity index (χ3n) is 5.68. The first kappa shape index (κ1) is 22.9. The molecule has 0 amide bonds. The SMILES string of the molecule is C=CC(=O)OC1(C)C(F)(F)C(C)(O)OC(C2CCCCC2)(C(F)(F)F)C1(F)F. The summed E-state index contributed by atoms with van der Waals surface area (Å²) in [4.78, 5) is 11.5. The Morgan fingerprint density at radius 2 is 1.61 bits per heavy atom. The molecule has 2 fully saturated rings. The summed E-state index contributed by atoms with van der Waals surface area (Å²) in [5.41, 5.74) is -8.85. The highest BCUT2D eigenvalue weighted by molar-refractivity contribution is 5.81. The Labute approximate surface area is 156 Å². The molecule has 2 aliphatic rings. The molecule has 0 spiro atoms. The number of aliphatic hydroxyl groups is 1. The highest BCUT2D eigenvalue weighted by Gasteiger charge is 2.92. The molecule has 0 bridgehead atoms. The van der Waals surface area contributed by atoms with Crippen LogP contribution in [0.5, 0.6) is 0 Å². The van der Waals surface area contributed by atoms with Crippen LogP contribution in [0.4, 0.5) is 30.7 Å². The second-order valence-corrected chi connectivity index (χ2v) is 7.46. The summed E-state index contributed by atoms with van der Waals surface area (Å²) in [5.74, 6) is -18.3. The van der Waals surface area contributed by atoms with Gasteiger partial charge in [-0.1, -0.05) is 25.8 Å². The van der Waals surface area contributed by atoms with E-state index >= 15 is 8.78 Å². The number of hydrogen-bond acceptors (Lipinski definition) is 4. The van der Waals surface area contributed by atoms with E-state index < -0.39 is 46.9 Å². The van der Waals surface area contributed by atoms with Crippen molar-refractivity contribution in [1.29, 1.82) is 0 Å². The summed E-state index contributed by atoms with van der Waals surface area (Å²) in [6.07, 6.45) is -5.61. The molecule has 1 saturated heterocycles. The Hall–Kier alpha value is -1.36. The van der Waals surface area contributed by atoms with Crippen LogP contribution in [0, 0.1) is 5.92 Å². The normalized spacial score (nSPS) is 38.6. The largest absolute Gasteiger partial charge is 0.443 e. The van der Waals surface area contributed by atoms with Crippen molar-refractivity contribution in [2.75, 3.05) is 0 Å². The standard InChI is InChI=1S/C17H21F7O4/c1-4-11(25)27-12(2)15(18,19)13(3,26)28-14(16(12,20)21,17(22,23)24)10-8-6-5-7-9-10/h4,10,26H,1,5-9H2,2-3H3. The molecule has 2 rings (SSSR count). The van der Waals surface area contributed by atoms with Gasteiger partial charge in [0.15, 0.2) is 0 Å². The smallest absolute Gasteiger partial charge is 0.424 e. The summed E-state index contributed by atoms with van der Waals surface area (Å²) >= 11 is 0. The molecule has 11 heteroatoms. The van der Waals surface area contributed by atoms with Crippen molar-refractivity contribution in [2.45, 2.75) is 81.0 Å². The second kappa shape index (κ2) is 6.58. The third-order valence-corrected chi connectivity index (χ3v) is 5.68. The number of ether oxygens (including phenoxy) is 2. The van der Waals surface area contributed by atoms with E-state index in [0.717, 1.165) is 0 Å². The number of hydrogen-bond donors (Lipinski definition) is 1. The van der Waals surface area contributed by atoms with Gasteiger partial charge in [-0.05, 0) is 26.7 Å². The minimum atomic E-state index is -5.86. The van der Waals surface area contributed by atoms with Crippen LogP contribution in [0.15, 0.2) is 12.7 Å². The second-order valence-electron chi connectivity index (χ2n) is 7.46. The lowest BCUT2D eigenvalue weighted by atomic mass is 9.64. The van der Waals surface area contributed by atoms with E-state index in [4.69, 9.17) is 0 Å². The van der Waals surface area contributed by atoms with Crippen LogP contribution >= 0.6 is 0 Å². The minimum absolute atomic E-state index is 0.0330. The Bertz CT molecular complexity index is 640. The summed E-state index contributed by atoms with van der Waals surface area (Å²) in [6, 6.07) is 0. The van der Waals surface area contributed by atoms with Crippen molar-refractivity contribution < 1.29 is 50.1 Å². The maximum Gasteiger partial charge on any atom is 0.424 e. The molecular weight excluding hydrogens is 401 g/mol. The molecule has 3 atom stereocenters. The molecule has 0 radical (unpaired) electrons. The van der Waals surface area contributed by atoms with Gasteiger partial charge in [0, 0.05) is 12.0 Å². The van der Waals surface area contributed by atoms with Gasteiger partial charge >= 0.3 is 24.0 Å². The fourth-order valence-electron chi connectivity index (χ4n) is 4.12. The first-order valence-corrected chi connectivity index (χ1v) is 8.62. The first-order valence-electron chi connectivity index (χ1n) is 8.62. The van der Waals surface area contributed by atoms with E-state index in [1.54, 1.807) is 0 Å². The van der Waals surface area contributed by atoms with Crippen molar-refractivity contribution in [1.82, 2.24) is 0 Å². The van der Waals surface area contributed by atoms with Crippen LogP contribution in [0.2, 0.25) is 0 Å². The van der Waals surface area contributed by atoms with Crippen LogP contribution in [-0.4, -0.2) is 46.1 Å². The van der Waals surface area contributed by atoms with E-state index in [1.165, 1.54) is 0 Å². The van der Waals surface area contributed by atoms with Crippen LogP contribution in [-0.2, 0) is 14.3 Å². The van der Waals surface area contributed by atoms with Crippen LogP contribution in [0.25, 0.3) is 0 Å². The average Bonchev–Trinajstić information content (AvgIpc) is 2.57. The number of halogens is 7. The quantitative estimate of drug-likeness (QED) is 0.417. The van der Waals surface area contributed by atoms with E-state index in [-0.39, 0.29) is 45.6 Å². The van der Waals surface area contributed by atoms with Crippen molar-refractivity contribution >= 4 is 5.97 Å². The zero-order valence-electron chi connectivity index (χ0n) is 15.2. The van der Waals surface area contributed by atoms with E-state index in [9.17, 15) is 31.9 Å². The van der Waals surface area contributed by atoms with E-state index in [1.807, 2.05) is 0 Å². The summed E-state index contributed by atoms with van der Waals surface area (Å²) in [6.45, 7) is 3.00. The third kappa shape index (κ3) is 2.76. The number of rotatable bonds is 3. The fraction of sp³-hybridized carbons (Fsp3) is 0.824. The summed E-state index contributed by atoms with van der Waals surface area (Å²) in [7, 11) is 0. The van der Waals surface area contributed by atoms with Crippen LogP contribution in [0.1, 0.15) is 46.0 Å². The van der Waals surface area contributed by atoms with Gasteiger partial charge < -0.3 is 14.6 Å². The molecule has 3 unspecified atom stereocenters. The van der Waals surface area contributed by atoms with E-state index in [0.29, 0.717) is 6.42 Å². The number of carbonyl (C=O) groups excluding carboxylic acids is 1. The predicted molar refractivity (Wildman–Crippen MR) is 81.7 cm³/mol. The fourth-order valence-corrected chi connectivity index (χ4v) is 4.12. The Balaban J connectivity index is 2.82. The van der Waals surface area contributed by atoms with Crippen molar-refractivity contribution in [2.24, 2.45) is 5.92 Å². The topological polar surface area (TPSA) is 55.8 Å². The van der Waals surface area contributed by atoms with E-state index in [2.05, 4.69) is 16.1 Å². The lowest BCUT2D eigenvalue weighted by Crippen LogP contribution is -2.85.